The number of ether oxygens (including phenoxy) is 2. The van der Waals surface area contributed by atoms with Gasteiger partial charge >= 0.3 is 0 Å². The lowest BCUT2D eigenvalue weighted by atomic mass is 9.98. The van der Waals surface area contributed by atoms with Gasteiger partial charge in [0.05, 0.1) is 37.6 Å². The van der Waals surface area contributed by atoms with E-state index in [9.17, 15) is 10.2 Å². The van der Waals surface area contributed by atoms with Crippen LogP contribution in [0.15, 0.2) is 0 Å². The summed E-state index contributed by atoms with van der Waals surface area (Å²) in [6, 6.07) is 0. The Hall–Kier alpha value is -0.240. The Labute approximate surface area is 171 Å². The molecule has 6 heteroatoms. The van der Waals surface area contributed by atoms with Gasteiger partial charge in [0.2, 0.25) is 0 Å². The molecule has 0 spiro atoms. The van der Waals surface area contributed by atoms with Crippen LogP contribution in [-0.4, -0.2) is 96.9 Å². The van der Waals surface area contributed by atoms with E-state index in [4.69, 9.17) is 9.47 Å². The summed E-state index contributed by atoms with van der Waals surface area (Å²) >= 11 is 0. The summed E-state index contributed by atoms with van der Waals surface area (Å²) in [6.45, 7) is 6.06. The van der Waals surface area contributed by atoms with Crippen LogP contribution in [0.25, 0.3) is 0 Å². The number of piperazine rings is 1. The van der Waals surface area contributed by atoms with Crippen molar-refractivity contribution in [3.63, 3.8) is 0 Å². The highest BCUT2D eigenvalue weighted by Crippen LogP contribution is 2.21. The largest absolute Gasteiger partial charge is 0.389 e. The fourth-order valence-corrected chi connectivity index (χ4v) is 4.81. The molecule has 1 saturated heterocycles. The van der Waals surface area contributed by atoms with E-state index in [2.05, 4.69) is 9.80 Å². The molecule has 2 N–H and O–H groups in total. The topological polar surface area (TPSA) is 65.4 Å². The SMILES string of the molecule is O[C@@H](COC1CCCCC1)CN1CCN(C[C@@H](O)COC2CCCCC2)CC1. The second-order valence-electron chi connectivity index (χ2n) is 9.10. The van der Waals surface area contributed by atoms with Gasteiger partial charge in [0.15, 0.2) is 0 Å². The molecule has 0 aromatic carbocycles. The Balaban J connectivity index is 1.23. The van der Waals surface area contributed by atoms with Crippen LogP contribution in [0.5, 0.6) is 0 Å². The number of aliphatic hydroxyl groups excluding tert-OH is 2. The molecule has 1 heterocycles. The lowest BCUT2D eigenvalue weighted by Crippen LogP contribution is -2.51. The fourth-order valence-electron chi connectivity index (χ4n) is 4.81. The molecular formula is C22H42N2O4. The van der Waals surface area contributed by atoms with Crippen molar-refractivity contribution in [2.45, 2.75) is 88.6 Å². The molecule has 2 atom stereocenters. The molecule has 3 fully saturated rings. The first-order valence-corrected chi connectivity index (χ1v) is 11.7. The molecule has 164 valence electrons. The number of hydrogen-bond acceptors (Lipinski definition) is 6. The van der Waals surface area contributed by atoms with E-state index in [0.717, 1.165) is 51.9 Å². The minimum atomic E-state index is -0.400. The predicted octanol–water partition coefficient (Wildman–Crippen LogP) is 2.02. The lowest BCUT2D eigenvalue weighted by Gasteiger charge is -2.36. The summed E-state index contributed by atoms with van der Waals surface area (Å²) in [5.41, 5.74) is 0. The Morgan fingerprint density at radius 1 is 0.607 bits per heavy atom. The number of hydrogen-bond donors (Lipinski definition) is 2. The Morgan fingerprint density at radius 3 is 1.32 bits per heavy atom. The molecule has 2 saturated carbocycles. The molecule has 3 rings (SSSR count). The van der Waals surface area contributed by atoms with Gasteiger partial charge in [0, 0.05) is 39.3 Å². The van der Waals surface area contributed by atoms with Crippen molar-refractivity contribution in [2.75, 3.05) is 52.5 Å². The van der Waals surface area contributed by atoms with Gasteiger partial charge in [-0.15, -0.1) is 0 Å². The van der Waals surface area contributed by atoms with Crippen molar-refractivity contribution in [3.05, 3.63) is 0 Å². The number of aliphatic hydroxyl groups is 2. The zero-order valence-electron chi connectivity index (χ0n) is 17.6. The molecule has 6 nitrogen and oxygen atoms in total. The van der Waals surface area contributed by atoms with E-state index in [0.29, 0.717) is 38.5 Å². The number of β-amino-alcohol motifs (C(OH)–C–C–N with tert-alkyl or cyclic N) is 2. The normalized spacial score (nSPS) is 26.4. The van der Waals surface area contributed by atoms with E-state index in [1.165, 1.54) is 38.5 Å². The van der Waals surface area contributed by atoms with Crippen LogP contribution >= 0.6 is 0 Å². The molecule has 1 aliphatic heterocycles. The van der Waals surface area contributed by atoms with Crippen molar-refractivity contribution >= 4 is 0 Å². The van der Waals surface area contributed by atoms with E-state index in [1.54, 1.807) is 0 Å². The number of rotatable bonds is 10. The molecule has 0 bridgehead atoms. The minimum Gasteiger partial charge on any atom is -0.389 e. The third-order valence-corrected chi connectivity index (χ3v) is 6.56. The van der Waals surface area contributed by atoms with Crippen LogP contribution in [0.3, 0.4) is 0 Å². The standard InChI is InChI=1S/C22H42N2O4/c25-19(17-27-21-7-3-1-4-8-21)15-23-11-13-24(14-12-23)16-20(26)18-28-22-9-5-2-6-10-22/h19-22,25-26H,1-18H2/t19-,20-/m1/s1. The third kappa shape index (κ3) is 8.25. The van der Waals surface area contributed by atoms with Crippen LogP contribution in [-0.2, 0) is 9.47 Å². The lowest BCUT2D eigenvalue weighted by molar-refractivity contribution is -0.0459. The molecule has 3 aliphatic rings. The highest BCUT2D eigenvalue weighted by Gasteiger charge is 2.23. The summed E-state index contributed by atoms with van der Waals surface area (Å²) in [4.78, 5) is 4.63. The predicted molar refractivity (Wildman–Crippen MR) is 111 cm³/mol. The van der Waals surface area contributed by atoms with Gasteiger partial charge in [-0.2, -0.15) is 0 Å². The van der Waals surface area contributed by atoms with E-state index in [-0.39, 0.29) is 0 Å². The van der Waals surface area contributed by atoms with E-state index in [1.807, 2.05) is 0 Å². The molecule has 2 aliphatic carbocycles. The summed E-state index contributed by atoms with van der Waals surface area (Å²) in [5, 5.41) is 20.6. The van der Waals surface area contributed by atoms with E-state index < -0.39 is 12.2 Å². The number of nitrogens with zero attached hydrogens (tertiary/aromatic N) is 2. The van der Waals surface area contributed by atoms with Crippen LogP contribution in [0.1, 0.15) is 64.2 Å². The van der Waals surface area contributed by atoms with Gasteiger partial charge in [-0.05, 0) is 25.7 Å². The first-order valence-electron chi connectivity index (χ1n) is 11.7. The molecule has 0 aromatic heterocycles. The molecule has 0 unspecified atom stereocenters. The minimum absolute atomic E-state index is 0.359. The zero-order valence-corrected chi connectivity index (χ0v) is 17.6. The van der Waals surface area contributed by atoms with Crippen LogP contribution in [0.2, 0.25) is 0 Å². The van der Waals surface area contributed by atoms with Crippen LogP contribution < -0.4 is 0 Å². The maximum absolute atomic E-state index is 10.3. The molecule has 28 heavy (non-hydrogen) atoms. The molecule has 0 amide bonds. The summed E-state index contributed by atoms with van der Waals surface area (Å²) < 4.78 is 11.8. The van der Waals surface area contributed by atoms with Crippen molar-refractivity contribution in [1.29, 1.82) is 0 Å². The average molecular weight is 399 g/mol. The van der Waals surface area contributed by atoms with Gasteiger partial charge < -0.3 is 19.7 Å². The summed E-state index contributed by atoms with van der Waals surface area (Å²) in [7, 11) is 0. The van der Waals surface area contributed by atoms with Gasteiger partial charge in [-0.25, -0.2) is 0 Å². The van der Waals surface area contributed by atoms with Crippen molar-refractivity contribution in [3.8, 4) is 0 Å². The van der Waals surface area contributed by atoms with Gasteiger partial charge in [0.1, 0.15) is 0 Å². The average Bonchev–Trinajstić information content (AvgIpc) is 2.74. The monoisotopic (exact) mass is 398 g/mol. The van der Waals surface area contributed by atoms with Crippen LogP contribution in [0, 0.1) is 0 Å². The second kappa shape index (κ2) is 12.5. The van der Waals surface area contributed by atoms with Gasteiger partial charge in [-0.1, -0.05) is 38.5 Å². The second-order valence-corrected chi connectivity index (χ2v) is 9.10. The Bertz CT molecular complexity index is 367. The molecular weight excluding hydrogens is 356 g/mol. The smallest absolute Gasteiger partial charge is 0.0900 e. The van der Waals surface area contributed by atoms with E-state index >= 15 is 0 Å². The Kier molecular flexibility index (Phi) is 9.98. The summed E-state index contributed by atoms with van der Waals surface area (Å²) in [6.07, 6.45) is 12.2. The van der Waals surface area contributed by atoms with Crippen molar-refractivity contribution in [1.82, 2.24) is 9.80 Å². The molecule has 0 radical (unpaired) electrons. The highest BCUT2D eigenvalue weighted by molar-refractivity contribution is 4.77. The Morgan fingerprint density at radius 2 is 0.964 bits per heavy atom. The fraction of sp³-hybridized carbons (Fsp3) is 1.00. The van der Waals surface area contributed by atoms with Gasteiger partial charge in [0.25, 0.3) is 0 Å². The van der Waals surface area contributed by atoms with Crippen LogP contribution in [0.4, 0.5) is 0 Å². The van der Waals surface area contributed by atoms with Crippen molar-refractivity contribution < 1.29 is 19.7 Å². The summed E-state index contributed by atoms with van der Waals surface area (Å²) in [5.74, 6) is 0. The quantitative estimate of drug-likeness (QED) is 0.587. The maximum Gasteiger partial charge on any atom is 0.0900 e. The van der Waals surface area contributed by atoms with Crippen molar-refractivity contribution in [2.24, 2.45) is 0 Å². The van der Waals surface area contributed by atoms with Gasteiger partial charge in [-0.3, -0.25) is 9.80 Å². The highest BCUT2D eigenvalue weighted by atomic mass is 16.5. The maximum atomic E-state index is 10.3. The first kappa shape index (κ1) is 22.4. The first-order chi connectivity index (χ1) is 13.7. The third-order valence-electron chi connectivity index (χ3n) is 6.56. The molecule has 0 aromatic rings. The zero-order chi connectivity index (χ0) is 19.6.